The third kappa shape index (κ3) is 1.68. The molecule has 0 unspecified atom stereocenters. The minimum atomic E-state index is -0.0140. The molecular weight excluding hydrogens is 308 g/mol. The molecule has 0 aromatic carbocycles. The largest absolute Gasteiger partial charge is 0.299 e. The summed E-state index contributed by atoms with van der Waals surface area (Å²) in [4.78, 5) is 24.7. The van der Waals surface area contributed by atoms with Gasteiger partial charge in [-0.05, 0) is 98.9 Å². The molecule has 5 atom stereocenters. The van der Waals surface area contributed by atoms with Crippen molar-refractivity contribution in [1.29, 1.82) is 0 Å². The second-order valence-electron chi connectivity index (χ2n) is 10.3. The van der Waals surface area contributed by atoms with Gasteiger partial charge in [0, 0.05) is 11.8 Å². The summed E-state index contributed by atoms with van der Waals surface area (Å²) in [5.74, 6) is 3.58. The van der Waals surface area contributed by atoms with Crippen LogP contribution in [0, 0.1) is 39.9 Å². The van der Waals surface area contributed by atoms with Crippen LogP contribution in [-0.2, 0) is 9.59 Å². The number of carbonyl (C=O) groups is 2. The number of carbonyl (C=O) groups excluding carboxylic acids is 2. The summed E-state index contributed by atoms with van der Waals surface area (Å²) in [7, 11) is 0. The average Bonchev–Trinajstić information content (AvgIpc) is 3.01. The van der Waals surface area contributed by atoms with E-state index in [0.717, 1.165) is 37.5 Å². The Morgan fingerprint density at radius 1 is 1.12 bits per heavy atom. The Morgan fingerprint density at radius 2 is 1.84 bits per heavy atom. The summed E-state index contributed by atoms with van der Waals surface area (Å²) in [6, 6.07) is 0. The lowest BCUT2D eigenvalue weighted by Gasteiger charge is -2.60. The van der Waals surface area contributed by atoms with E-state index < -0.39 is 0 Å². The Labute approximate surface area is 151 Å². The van der Waals surface area contributed by atoms with Crippen LogP contribution in [-0.4, -0.2) is 11.6 Å². The first-order valence-electron chi connectivity index (χ1n) is 10.6. The van der Waals surface area contributed by atoms with Crippen molar-refractivity contribution in [2.75, 3.05) is 0 Å². The van der Waals surface area contributed by atoms with Crippen LogP contribution in [0.5, 0.6) is 0 Å². The Bertz CT molecular complexity index is 678. The monoisotopic (exact) mass is 340 g/mol. The Kier molecular flexibility index (Phi) is 3.17. The predicted octanol–water partition coefficient (Wildman–Crippen LogP) is 5.11. The molecule has 5 rings (SSSR count). The zero-order valence-electron chi connectivity index (χ0n) is 16.1. The van der Waals surface area contributed by atoms with Crippen molar-refractivity contribution < 1.29 is 9.59 Å². The summed E-state index contributed by atoms with van der Waals surface area (Å²) >= 11 is 0. The van der Waals surface area contributed by atoms with E-state index in [2.05, 4.69) is 13.8 Å². The van der Waals surface area contributed by atoms with Gasteiger partial charge in [0.25, 0.3) is 0 Å². The molecule has 5 aliphatic carbocycles. The minimum Gasteiger partial charge on any atom is -0.299 e. The molecule has 0 aromatic rings. The maximum Gasteiger partial charge on any atom is 0.155 e. The van der Waals surface area contributed by atoms with Crippen molar-refractivity contribution in [3.63, 3.8) is 0 Å². The highest BCUT2D eigenvalue weighted by atomic mass is 16.1. The highest BCUT2D eigenvalue weighted by Crippen LogP contribution is 2.81. The standard InChI is InChI=1S/C23H32O2/c1-14-12-20-18(17-5-4-16(25)13-19(14)17)6-7-21(3)22(15(2)24)8-10-23(20,21)11-9-22/h13-14,17-18,20H,4-12H2,1-3H3/t14-,17+,18+,20+,21+,22?,23?/m0/s1. The lowest BCUT2D eigenvalue weighted by atomic mass is 9.44. The molecule has 136 valence electrons. The summed E-state index contributed by atoms with van der Waals surface area (Å²) in [5, 5.41) is 0. The van der Waals surface area contributed by atoms with Crippen LogP contribution in [0.3, 0.4) is 0 Å². The molecule has 0 aliphatic heterocycles. The molecule has 0 amide bonds. The number of ketones is 2. The maximum absolute atomic E-state index is 12.7. The SMILES string of the molecule is CC(=O)C12CCC3(CC1)[C@@H]1C[C@H](C)C4=CC(=O)CC[C@@H]4[C@H]1CC[C@]23C. The van der Waals surface area contributed by atoms with Crippen molar-refractivity contribution in [2.24, 2.45) is 39.9 Å². The highest BCUT2D eigenvalue weighted by molar-refractivity contribution is 5.91. The van der Waals surface area contributed by atoms with Gasteiger partial charge in [-0.25, -0.2) is 0 Å². The molecule has 2 bridgehead atoms. The normalized spacial score (nSPS) is 53.7. The highest BCUT2D eigenvalue weighted by Gasteiger charge is 2.75. The second-order valence-corrected chi connectivity index (χ2v) is 10.3. The van der Waals surface area contributed by atoms with E-state index in [-0.39, 0.29) is 10.8 Å². The molecule has 0 saturated heterocycles. The van der Waals surface area contributed by atoms with E-state index in [1.54, 1.807) is 0 Å². The molecule has 25 heavy (non-hydrogen) atoms. The Balaban J connectivity index is 1.58. The maximum atomic E-state index is 12.7. The van der Waals surface area contributed by atoms with Gasteiger partial charge in [0.15, 0.2) is 5.78 Å². The lowest BCUT2D eigenvalue weighted by molar-refractivity contribution is -0.140. The number of fused-ring (bicyclic) bond motifs is 3. The van der Waals surface area contributed by atoms with Gasteiger partial charge in [0.05, 0.1) is 0 Å². The van der Waals surface area contributed by atoms with Gasteiger partial charge in [-0.3, -0.25) is 9.59 Å². The van der Waals surface area contributed by atoms with Crippen LogP contribution >= 0.6 is 0 Å². The van der Waals surface area contributed by atoms with Crippen molar-refractivity contribution in [3.05, 3.63) is 11.6 Å². The lowest BCUT2D eigenvalue weighted by Crippen LogP contribution is -2.54. The van der Waals surface area contributed by atoms with E-state index >= 15 is 0 Å². The topological polar surface area (TPSA) is 34.1 Å². The van der Waals surface area contributed by atoms with Gasteiger partial charge in [0.2, 0.25) is 0 Å². The summed E-state index contributed by atoms with van der Waals surface area (Å²) < 4.78 is 0. The molecule has 4 fully saturated rings. The summed E-state index contributed by atoms with van der Waals surface area (Å²) in [6.45, 7) is 6.72. The molecule has 0 radical (unpaired) electrons. The zero-order valence-corrected chi connectivity index (χ0v) is 16.1. The number of hydrogen-bond acceptors (Lipinski definition) is 2. The second kappa shape index (κ2) is 4.87. The first-order chi connectivity index (χ1) is 11.8. The van der Waals surface area contributed by atoms with Crippen LogP contribution < -0.4 is 0 Å². The van der Waals surface area contributed by atoms with Crippen molar-refractivity contribution in [3.8, 4) is 0 Å². The fraction of sp³-hybridized carbons (Fsp3) is 0.826. The van der Waals surface area contributed by atoms with Crippen molar-refractivity contribution in [1.82, 2.24) is 0 Å². The van der Waals surface area contributed by atoms with Crippen LogP contribution in [0.2, 0.25) is 0 Å². The minimum absolute atomic E-state index is 0.0140. The van der Waals surface area contributed by atoms with Crippen molar-refractivity contribution in [2.45, 2.75) is 78.6 Å². The molecule has 2 nitrogen and oxygen atoms in total. The van der Waals surface area contributed by atoms with Gasteiger partial charge < -0.3 is 0 Å². The molecule has 2 heteroatoms. The molecule has 0 spiro atoms. The third-order valence-electron chi connectivity index (χ3n) is 10.2. The van der Waals surface area contributed by atoms with E-state index in [1.807, 2.05) is 13.0 Å². The molecule has 5 aliphatic rings. The first kappa shape index (κ1) is 16.3. The quantitative estimate of drug-likeness (QED) is 0.664. The third-order valence-corrected chi connectivity index (χ3v) is 10.2. The van der Waals surface area contributed by atoms with Gasteiger partial charge in [-0.2, -0.15) is 0 Å². The Hall–Kier alpha value is -0.920. The van der Waals surface area contributed by atoms with Gasteiger partial charge in [-0.1, -0.05) is 19.4 Å². The smallest absolute Gasteiger partial charge is 0.155 e. The summed E-state index contributed by atoms with van der Waals surface area (Å²) in [6.07, 6.45) is 12.5. The molecule has 4 saturated carbocycles. The molecular formula is C23H32O2. The number of Topliss-reactive ketones (excluding diaryl/α,β-unsaturated/α-hetero) is 1. The molecule has 0 N–H and O–H groups in total. The van der Waals surface area contributed by atoms with Gasteiger partial charge in [0.1, 0.15) is 5.78 Å². The number of rotatable bonds is 1. The predicted molar refractivity (Wildman–Crippen MR) is 97.9 cm³/mol. The summed E-state index contributed by atoms with van der Waals surface area (Å²) in [5.41, 5.74) is 2.10. The fourth-order valence-corrected chi connectivity index (χ4v) is 8.98. The number of hydrogen-bond donors (Lipinski definition) is 0. The van der Waals surface area contributed by atoms with E-state index in [4.69, 9.17) is 0 Å². The van der Waals surface area contributed by atoms with Gasteiger partial charge in [-0.15, -0.1) is 0 Å². The Morgan fingerprint density at radius 3 is 2.52 bits per heavy atom. The van der Waals surface area contributed by atoms with E-state index in [9.17, 15) is 9.59 Å². The molecule has 0 aromatic heterocycles. The van der Waals surface area contributed by atoms with Crippen LogP contribution in [0.4, 0.5) is 0 Å². The van der Waals surface area contributed by atoms with Crippen LogP contribution in [0.25, 0.3) is 0 Å². The van der Waals surface area contributed by atoms with Crippen LogP contribution in [0.1, 0.15) is 78.6 Å². The zero-order chi connectivity index (χ0) is 17.6. The van der Waals surface area contributed by atoms with E-state index in [0.29, 0.717) is 28.8 Å². The number of allylic oxidation sites excluding steroid dienone is 1. The first-order valence-corrected chi connectivity index (χ1v) is 10.6. The van der Waals surface area contributed by atoms with Crippen LogP contribution in [0.15, 0.2) is 11.6 Å². The van der Waals surface area contributed by atoms with Crippen molar-refractivity contribution >= 4 is 11.6 Å². The van der Waals surface area contributed by atoms with E-state index in [1.165, 1.54) is 37.7 Å². The fourth-order valence-electron chi connectivity index (χ4n) is 8.98. The molecule has 0 heterocycles. The average molecular weight is 341 g/mol. The van der Waals surface area contributed by atoms with Gasteiger partial charge >= 0.3 is 0 Å².